The first-order valence-electron chi connectivity index (χ1n) is 4.43. The van der Waals surface area contributed by atoms with Gasteiger partial charge in [0.05, 0.1) is 18.7 Å². The van der Waals surface area contributed by atoms with Crippen molar-refractivity contribution in [1.29, 1.82) is 0 Å². The third-order valence-electron chi connectivity index (χ3n) is 2.05. The molecule has 0 aliphatic carbocycles. The average molecular weight is 354 g/mol. The summed E-state index contributed by atoms with van der Waals surface area (Å²) >= 11 is 15.9. The zero-order valence-electron chi connectivity index (χ0n) is 8.14. The Morgan fingerprint density at radius 3 is 2.47 bits per heavy atom. The minimum Gasteiger partial charge on any atom is -0.288 e. The number of carbonyl (C=O) groups is 1. The van der Waals surface area contributed by atoms with E-state index in [1.165, 1.54) is 29.5 Å². The number of thiophene rings is 1. The van der Waals surface area contributed by atoms with Gasteiger partial charge in [0.1, 0.15) is 5.82 Å². The molecule has 6 heteroatoms. The van der Waals surface area contributed by atoms with Crippen molar-refractivity contribution in [2.24, 2.45) is 0 Å². The van der Waals surface area contributed by atoms with Crippen molar-refractivity contribution < 1.29 is 9.18 Å². The van der Waals surface area contributed by atoms with Crippen molar-refractivity contribution in [3.8, 4) is 0 Å². The van der Waals surface area contributed by atoms with Gasteiger partial charge in [0.25, 0.3) is 0 Å². The Morgan fingerprint density at radius 2 is 1.94 bits per heavy atom. The Kier molecular flexibility index (Phi) is 3.88. The summed E-state index contributed by atoms with van der Waals surface area (Å²) in [7, 11) is 0. The molecule has 0 saturated carbocycles. The molecule has 1 aromatic heterocycles. The van der Waals surface area contributed by atoms with Crippen molar-refractivity contribution >= 4 is 56.3 Å². The van der Waals surface area contributed by atoms with Gasteiger partial charge < -0.3 is 0 Å². The molecule has 0 N–H and O–H groups in total. The Balaban J connectivity index is 2.40. The van der Waals surface area contributed by atoms with Crippen LogP contribution in [-0.4, -0.2) is 5.78 Å². The van der Waals surface area contributed by atoms with Crippen molar-refractivity contribution in [2.45, 2.75) is 0 Å². The fraction of sp³-hybridized carbons (Fsp3) is 0. The van der Waals surface area contributed by atoms with Gasteiger partial charge in [-0.2, -0.15) is 0 Å². The van der Waals surface area contributed by atoms with Crippen molar-refractivity contribution in [2.75, 3.05) is 0 Å². The Hall–Kier alpha value is -0.420. The number of halogens is 4. The van der Waals surface area contributed by atoms with Crippen LogP contribution < -0.4 is 0 Å². The maximum atomic E-state index is 13.0. The van der Waals surface area contributed by atoms with Crippen LogP contribution in [0.1, 0.15) is 15.2 Å². The van der Waals surface area contributed by atoms with Gasteiger partial charge in [-0.3, -0.25) is 4.79 Å². The molecule has 0 spiro atoms. The molecule has 17 heavy (non-hydrogen) atoms. The first kappa shape index (κ1) is 13.0. The van der Waals surface area contributed by atoms with Crippen LogP contribution in [-0.2, 0) is 0 Å². The van der Waals surface area contributed by atoms with Crippen molar-refractivity contribution in [3.63, 3.8) is 0 Å². The van der Waals surface area contributed by atoms with E-state index in [1.54, 1.807) is 6.07 Å². The molecular formula is C11H4BrCl2FOS. The minimum atomic E-state index is -0.548. The molecule has 0 atom stereocenters. The highest BCUT2D eigenvalue weighted by Crippen LogP contribution is 2.33. The molecule has 0 saturated heterocycles. The first-order valence-corrected chi connectivity index (χ1v) is 6.80. The molecule has 0 aliphatic rings. The third-order valence-corrected chi connectivity index (χ3v) is 4.81. The topological polar surface area (TPSA) is 17.1 Å². The van der Waals surface area contributed by atoms with Crippen LogP contribution in [0.5, 0.6) is 0 Å². The van der Waals surface area contributed by atoms with Gasteiger partial charge in [0.2, 0.25) is 5.78 Å². The van der Waals surface area contributed by atoms with Crippen molar-refractivity contribution in [3.05, 3.63) is 54.4 Å². The second-order valence-corrected chi connectivity index (χ2v) is 6.37. The van der Waals surface area contributed by atoms with Gasteiger partial charge in [0, 0.05) is 5.56 Å². The lowest BCUT2D eigenvalue weighted by Crippen LogP contribution is -1.98. The SMILES string of the molecule is O=C(c1ccc(F)c(Cl)c1)c1cc(Cl)c(Br)s1. The van der Waals surface area contributed by atoms with E-state index in [0.717, 1.165) is 0 Å². The Bertz CT molecular complexity index is 578. The number of ketones is 1. The molecule has 1 aromatic carbocycles. The summed E-state index contributed by atoms with van der Waals surface area (Å²) in [5.41, 5.74) is 0.335. The molecule has 0 amide bonds. The summed E-state index contributed by atoms with van der Waals surface area (Å²) < 4.78 is 13.7. The number of hydrogen-bond donors (Lipinski definition) is 0. The molecule has 0 unspecified atom stereocenters. The highest BCUT2D eigenvalue weighted by molar-refractivity contribution is 9.11. The van der Waals surface area contributed by atoms with Gasteiger partial charge in [0.15, 0.2) is 0 Å². The maximum absolute atomic E-state index is 13.0. The fourth-order valence-corrected chi connectivity index (χ4v) is 3.08. The summed E-state index contributed by atoms with van der Waals surface area (Å²) in [4.78, 5) is 12.5. The zero-order chi connectivity index (χ0) is 12.6. The maximum Gasteiger partial charge on any atom is 0.203 e. The summed E-state index contributed by atoms with van der Waals surface area (Å²) in [6, 6.07) is 5.43. The molecule has 88 valence electrons. The van der Waals surface area contributed by atoms with E-state index in [4.69, 9.17) is 23.2 Å². The van der Waals surface area contributed by atoms with Gasteiger partial charge in [-0.05, 0) is 40.2 Å². The van der Waals surface area contributed by atoms with Crippen LogP contribution in [0.25, 0.3) is 0 Å². The van der Waals surface area contributed by atoms with E-state index in [0.29, 0.717) is 19.2 Å². The molecule has 1 nitrogen and oxygen atoms in total. The van der Waals surface area contributed by atoms with E-state index in [9.17, 15) is 9.18 Å². The molecule has 2 rings (SSSR count). The molecule has 0 fully saturated rings. The van der Waals surface area contributed by atoms with Crippen LogP contribution in [0.4, 0.5) is 4.39 Å². The normalized spacial score (nSPS) is 10.6. The van der Waals surface area contributed by atoms with E-state index >= 15 is 0 Å². The second-order valence-electron chi connectivity index (χ2n) is 3.19. The number of carbonyl (C=O) groups excluding carboxylic acids is 1. The summed E-state index contributed by atoms with van der Waals surface area (Å²) in [6.07, 6.45) is 0. The van der Waals surface area contributed by atoms with Crippen LogP contribution in [0.2, 0.25) is 10.0 Å². The molecule has 1 heterocycles. The molecule has 0 aliphatic heterocycles. The Morgan fingerprint density at radius 1 is 1.24 bits per heavy atom. The average Bonchev–Trinajstić information content (AvgIpc) is 2.62. The highest BCUT2D eigenvalue weighted by atomic mass is 79.9. The quantitative estimate of drug-likeness (QED) is 0.679. The van der Waals surface area contributed by atoms with Gasteiger partial charge >= 0.3 is 0 Å². The highest BCUT2D eigenvalue weighted by Gasteiger charge is 2.15. The van der Waals surface area contributed by atoms with Gasteiger partial charge in [-0.25, -0.2) is 4.39 Å². The lowest BCUT2D eigenvalue weighted by molar-refractivity contribution is 0.104. The predicted molar refractivity (Wildman–Crippen MR) is 71.9 cm³/mol. The van der Waals surface area contributed by atoms with E-state index in [2.05, 4.69) is 15.9 Å². The Labute approximate surface area is 119 Å². The summed E-state index contributed by atoms with van der Waals surface area (Å²) in [5, 5.41) is 0.407. The summed E-state index contributed by atoms with van der Waals surface area (Å²) in [5.74, 6) is -0.780. The van der Waals surface area contributed by atoms with Gasteiger partial charge in [-0.1, -0.05) is 23.2 Å². The van der Waals surface area contributed by atoms with E-state index < -0.39 is 5.82 Å². The molecule has 0 radical (unpaired) electrons. The van der Waals surface area contributed by atoms with Crippen molar-refractivity contribution in [1.82, 2.24) is 0 Å². The van der Waals surface area contributed by atoms with Crippen LogP contribution in [0.3, 0.4) is 0 Å². The predicted octanol–water partition coefficient (Wildman–Crippen LogP) is 5.19. The monoisotopic (exact) mass is 352 g/mol. The van der Waals surface area contributed by atoms with Crippen LogP contribution >= 0.6 is 50.5 Å². The first-order chi connectivity index (χ1) is 7.99. The summed E-state index contributed by atoms with van der Waals surface area (Å²) in [6.45, 7) is 0. The largest absolute Gasteiger partial charge is 0.288 e. The number of benzene rings is 1. The number of hydrogen-bond acceptors (Lipinski definition) is 2. The smallest absolute Gasteiger partial charge is 0.203 e. The third kappa shape index (κ3) is 2.71. The van der Waals surface area contributed by atoms with E-state index in [1.807, 2.05) is 0 Å². The van der Waals surface area contributed by atoms with Crippen LogP contribution in [0.15, 0.2) is 28.1 Å². The van der Waals surface area contributed by atoms with E-state index in [-0.39, 0.29) is 10.8 Å². The molecular weight excluding hydrogens is 350 g/mol. The standard InChI is InChI=1S/C11H4BrCl2FOS/c12-11-7(14)4-9(17-11)10(16)5-1-2-8(15)6(13)3-5/h1-4H. The van der Waals surface area contributed by atoms with Gasteiger partial charge in [-0.15, -0.1) is 11.3 Å². The molecule has 0 bridgehead atoms. The van der Waals surface area contributed by atoms with Crippen LogP contribution in [0, 0.1) is 5.82 Å². The zero-order valence-corrected chi connectivity index (χ0v) is 12.1. The lowest BCUT2D eigenvalue weighted by atomic mass is 10.1. The minimum absolute atomic E-state index is 0.0717. The lowest BCUT2D eigenvalue weighted by Gasteiger charge is -1.99. The second kappa shape index (κ2) is 5.06. The molecule has 2 aromatic rings. The number of rotatable bonds is 2. The fourth-order valence-electron chi connectivity index (χ4n) is 1.24.